The highest BCUT2D eigenvalue weighted by Gasteiger charge is 2.24. The van der Waals surface area contributed by atoms with Crippen molar-refractivity contribution >= 4 is 35.0 Å². The Balaban J connectivity index is 0.00000578. The lowest BCUT2D eigenvalue weighted by molar-refractivity contribution is -0.136. The third-order valence-electron chi connectivity index (χ3n) is 5.37. The molecule has 0 radical (unpaired) electrons. The van der Waals surface area contributed by atoms with Crippen molar-refractivity contribution in [2.24, 2.45) is 5.73 Å². The second-order valence-corrected chi connectivity index (χ2v) is 9.81. The van der Waals surface area contributed by atoms with Gasteiger partial charge in [0.2, 0.25) is 11.8 Å². The van der Waals surface area contributed by atoms with Crippen LogP contribution in [0.5, 0.6) is 5.75 Å². The number of nitrogens with zero attached hydrogens (tertiary/aromatic N) is 1. The van der Waals surface area contributed by atoms with Gasteiger partial charge in [-0.15, -0.1) is 12.4 Å². The molecule has 1 unspecified atom stereocenters. The summed E-state index contributed by atoms with van der Waals surface area (Å²) < 4.78 is 11.4. The lowest BCUT2D eigenvalue weighted by Crippen LogP contribution is -2.52. The number of carbonyl (C=O) groups excluding carboxylic acids is 2. The number of halogens is 1. The number of benzene rings is 2. The molecule has 3 atom stereocenters. The Kier molecular flexibility index (Phi) is 13.5. The van der Waals surface area contributed by atoms with Crippen LogP contribution in [0.15, 0.2) is 54.6 Å². The fourth-order valence-corrected chi connectivity index (χ4v) is 4.08. The number of hydrogen-bond donors (Lipinski definition) is 3. The van der Waals surface area contributed by atoms with Crippen LogP contribution < -0.4 is 11.1 Å². The fraction of sp³-hybridized carbons (Fsp3) is 0.440. The van der Waals surface area contributed by atoms with Gasteiger partial charge in [-0.2, -0.15) is 0 Å². The molecule has 7 nitrogen and oxygen atoms in total. The summed E-state index contributed by atoms with van der Waals surface area (Å²) in [6, 6.07) is 15.1. The summed E-state index contributed by atoms with van der Waals surface area (Å²) >= 11 is 0. The van der Waals surface area contributed by atoms with Crippen LogP contribution in [0.25, 0.3) is 0 Å². The molecule has 188 valence electrons. The van der Waals surface area contributed by atoms with Crippen LogP contribution >= 0.6 is 12.4 Å². The van der Waals surface area contributed by atoms with E-state index in [9.17, 15) is 18.9 Å². The fourth-order valence-electron chi connectivity index (χ4n) is 3.54. The summed E-state index contributed by atoms with van der Waals surface area (Å²) in [5.41, 5.74) is 8.07. The Bertz CT molecular complexity index is 912. The molecule has 0 spiro atoms. The normalized spacial score (nSPS) is 13.3. The molecule has 0 aliphatic rings. The number of amides is 2. The maximum absolute atomic E-state index is 13.1. The quantitative estimate of drug-likeness (QED) is 0.384. The van der Waals surface area contributed by atoms with Crippen LogP contribution in [0.4, 0.5) is 0 Å². The molecular weight excluding hydrogens is 474 g/mol. The molecule has 0 aliphatic carbocycles. The van der Waals surface area contributed by atoms with Crippen molar-refractivity contribution in [3.63, 3.8) is 0 Å². The maximum atomic E-state index is 13.1. The number of phenols is 1. The van der Waals surface area contributed by atoms with Crippen molar-refractivity contribution in [1.82, 2.24) is 10.2 Å². The number of aryl methyl sites for hydroxylation is 1. The van der Waals surface area contributed by atoms with Gasteiger partial charge in [0.25, 0.3) is 0 Å². The molecule has 0 aliphatic heterocycles. The van der Waals surface area contributed by atoms with Crippen molar-refractivity contribution < 1.29 is 18.9 Å². The molecule has 34 heavy (non-hydrogen) atoms. The summed E-state index contributed by atoms with van der Waals surface area (Å²) in [5.74, 6) is 0.106. The third kappa shape index (κ3) is 10.7. The Hall–Kier alpha value is -2.42. The molecule has 2 rings (SSSR count). The van der Waals surface area contributed by atoms with E-state index in [1.54, 1.807) is 42.3 Å². The molecule has 0 saturated heterocycles. The van der Waals surface area contributed by atoms with E-state index in [4.69, 9.17) is 5.73 Å². The van der Waals surface area contributed by atoms with E-state index in [0.29, 0.717) is 31.7 Å². The van der Waals surface area contributed by atoms with E-state index in [-0.39, 0.29) is 24.1 Å². The van der Waals surface area contributed by atoms with Crippen molar-refractivity contribution in [3.8, 4) is 5.75 Å². The molecular formula is C25H36ClN3O4S. The van der Waals surface area contributed by atoms with Gasteiger partial charge in [-0.05, 0) is 55.9 Å². The Morgan fingerprint density at radius 1 is 1.03 bits per heavy atom. The minimum absolute atomic E-state index is 0. The van der Waals surface area contributed by atoms with Gasteiger partial charge in [-0.1, -0.05) is 42.5 Å². The van der Waals surface area contributed by atoms with Gasteiger partial charge in [0, 0.05) is 35.9 Å². The van der Waals surface area contributed by atoms with Crippen LogP contribution in [0, 0.1) is 0 Å². The monoisotopic (exact) mass is 509 g/mol. The second-order valence-electron chi connectivity index (χ2n) is 8.25. The largest absolute Gasteiger partial charge is 0.508 e. The minimum Gasteiger partial charge on any atom is -0.508 e. The van der Waals surface area contributed by atoms with E-state index in [1.165, 1.54) is 5.56 Å². The van der Waals surface area contributed by atoms with Crippen LogP contribution in [-0.2, 0) is 33.2 Å². The topological polar surface area (TPSA) is 113 Å². The van der Waals surface area contributed by atoms with Crippen molar-refractivity contribution in [2.75, 3.05) is 25.1 Å². The molecule has 0 fully saturated rings. The molecule has 0 heterocycles. The lowest BCUT2D eigenvalue weighted by atomic mass is 10.1. The van der Waals surface area contributed by atoms with Gasteiger partial charge >= 0.3 is 0 Å². The second kappa shape index (κ2) is 15.5. The number of nitrogens with two attached hydrogens (primary N) is 1. The molecule has 0 aromatic heterocycles. The Labute approximate surface area is 211 Å². The first-order valence-electron chi connectivity index (χ1n) is 11.2. The predicted molar refractivity (Wildman–Crippen MR) is 140 cm³/mol. The number of hydrogen-bond acceptors (Lipinski definition) is 5. The molecule has 0 bridgehead atoms. The van der Waals surface area contributed by atoms with E-state index in [1.807, 2.05) is 18.2 Å². The number of rotatable bonds is 13. The van der Waals surface area contributed by atoms with E-state index < -0.39 is 28.8 Å². The number of aromatic hydroxyl groups is 1. The first-order chi connectivity index (χ1) is 15.8. The maximum Gasteiger partial charge on any atom is 0.244 e. The molecule has 2 aromatic carbocycles. The van der Waals surface area contributed by atoms with Crippen LogP contribution in [0.3, 0.4) is 0 Å². The van der Waals surface area contributed by atoms with Gasteiger partial charge in [-0.3, -0.25) is 13.8 Å². The number of nitrogens with one attached hydrogen (secondary N) is 1. The van der Waals surface area contributed by atoms with E-state index in [2.05, 4.69) is 17.4 Å². The Morgan fingerprint density at radius 3 is 2.26 bits per heavy atom. The van der Waals surface area contributed by atoms with Crippen molar-refractivity contribution in [2.45, 2.75) is 44.7 Å². The zero-order valence-electron chi connectivity index (χ0n) is 19.8. The van der Waals surface area contributed by atoms with Crippen LogP contribution in [-0.4, -0.2) is 63.2 Å². The first-order valence-corrected chi connectivity index (χ1v) is 13.0. The first kappa shape index (κ1) is 29.6. The number of phenolic OH excluding ortho intramolecular Hbond substituents is 1. The highest BCUT2D eigenvalue weighted by atomic mass is 35.5. The minimum atomic E-state index is -0.918. The van der Waals surface area contributed by atoms with Gasteiger partial charge < -0.3 is 21.1 Å². The zero-order chi connectivity index (χ0) is 24.2. The zero-order valence-corrected chi connectivity index (χ0v) is 21.4. The number of carbonyl (C=O) groups is 2. The molecule has 9 heteroatoms. The molecule has 0 saturated carbocycles. The lowest BCUT2D eigenvalue weighted by Gasteiger charge is -2.27. The van der Waals surface area contributed by atoms with Crippen LogP contribution in [0.1, 0.15) is 30.9 Å². The molecule has 2 aromatic rings. The van der Waals surface area contributed by atoms with Crippen molar-refractivity contribution in [1.29, 1.82) is 0 Å². The molecule has 2 amide bonds. The van der Waals surface area contributed by atoms with Crippen molar-refractivity contribution in [3.05, 3.63) is 65.7 Å². The van der Waals surface area contributed by atoms with E-state index >= 15 is 0 Å². The predicted octanol–water partition coefficient (Wildman–Crippen LogP) is 2.42. The SMILES string of the molecule is C[C@@H](NC(=O)[C@@H](N)Cc1ccc(O)cc1)C(=O)N(CCCc1ccccc1)CCCS(C)=O.Cl. The van der Waals surface area contributed by atoms with Gasteiger partial charge in [0.05, 0.1) is 6.04 Å². The summed E-state index contributed by atoms with van der Waals surface area (Å²) in [6.45, 7) is 2.71. The standard InChI is InChI=1S/C25H35N3O4S.ClH/c1-19(27-24(30)23(26)18-21-11-13-22(29)14-12-21)25(31)28(16-7-17-33(2)32)15-6-10-20-8-4-3-5-9-20;/h3-5,8-9,11-14,19,23,29H,6-7,10,15-18,26H2,1-2H3,(H,27,30);1H/t19-,23+,33?;/m1./s1. The summed E-state index contributed by atoms with van der Waals surface area (Å²) in [4.78, 5) is 27.4. The highest BCUT2D eigenvalue weighted by Crippen LogP contribution is 2.11. The van der Waals surface area contributed by atoms with Gasteiger partial charge in [0.15, 0.2) is 0 Å². The average Bonchev–Trinajstić information content (AvgIpc) is 2.79. The van der Waals surface area contributed by atoms with Gasteiger partial charge in [0.1, 0.15) is 11.8 Å². The van der Waals surface area contributed by atoms with E-state index in [0.717, 1.165) is 18.4 Å². The summed E-state index contributed by atoms with van der Waals surface area (Å²) in [7, 11) is -0.918. The highest BCUT2D eigenvalue weighted by molar-refractivity contribution is 7.84. The Morgan fingerprint density at radius 2 is 1.65 bits per heavy atom. The summed E-state index contributed by atoms with van der Waals surface area (Å²) in [6.07, 6.45) is 4.24. The smallest absolute Gasteiger partial charge is 0.244 e. The third-order valence-corrected chi connectivity index (χ3v) is 6.23. The summed E-state index contributed by atoms with van der Waals surface area (Å²) in [5, 5.41) is 12.1. The van der Waals surface area contributed by atoms with Crippen LogP contribution in [0.2, 0.25) is 0 Å². The van der Waals surface area contributed by atoms with Gasteiger partial charge in [-0.25, -0.2) is 0 Å². The molecule has 4 N–H and O–H groups in total. The average molecular weight is 510 g/mol.